The zero-order valence-electron chi connectivity index (χ0n) is 7.66. The molecule has 0 aromatic heterocycles. The Labute approximate surface area is 87.1 Å². The number of carbonyl (C=O) groups is 1. The predicted molar refractivity (Wildman–Crippen MR) is 56.2 cm³/mol. The van der Waals surface area contributed by atoms with Gasteiger partial charge in [0.15, 0.2) is 0 Å². The molecule has 74 valence electrons. The van der Waals surface area contributed by atoms with Gasteiger partial charge in [-0.15, -0.1) is 0 Å². The van der Waals surface area contributed by atoms with Gasteiger partial charge in [-0.2, -0.15) is 0 Å². The normalized spacial score (nSPS) is 10.4. The van der Waals surface area contributed by atoms with Crippen LogP contribution in [0.15, 0.2) is 24.3 Å². The Morgan fingerprint density at radius 2 is 2.29 bits per heavy atom. The van der Waals surface area contributed by atoms with Gasteiger partial charge in [0.05, 0.1) is 12.1 Å². The number of benzene rings is 1. The summed E-state index contributed by atoms with van der Waals surface area (Å²) in [6, 6.07) is 5.19. The van der Waals surface area contributed by atoms with Gasteiger partial charge in [-0.05, 0) is 23.8 Å². The summed E-state index contributed by atoms with van der Waals surface area (Å²) in [5.74, 6) is 0.0807. The molecule has 0 aliphatic rings. The third-order valence-electron chi connectivity index (χ3n) is 1.62. The molecule has 1 rings (SSSR count). The van der Waals surface area contributed by atoms with Crippen LogP contribution in [0.3, 0.4) is 0 Å². The van der Waals surface area contributed by atoms with Crippen molar-refractivity contribution < 1.29 is 9.53 Å². The predicted octanol–water partition coefficient (Wildman–Crippen LogP) is 1.85. The van der Waals surface area contributed by atoms with Crippen LogP contribution in [0.5, 0.6) is 5.75 Å². The van der Waals surface area contributed by atoms with Gasteiger partial charge >= 0.3 is 0 Å². The van der Waals surface area contributed by atoms with Crippen LogP contribution >= 0.6 is 11.6 Å². The lowest BCUT2D eigenvalue weighted by atomic mass is 10.2. The van der Waals surface area contributed by atoms with Gasteiger partial charge in [0, 0.05) is 6.08 Å². The quantitative estimate of drug-likeness (QED) is 0.776. The number of ether oxygens (including phenoxy) is 1. The first-order valence-corrected chi connectivity index (χ1v) is 4.32. The summed E-state index contributed by atoms with van der Waals surface area (Å²) in [5, 5.41) is 0.531. The van der Waals surface area contributed by atoms with E-state index < -0.39 is 5.91 Å². The average molecular weight is 212 g/mol. The number of halogens is 1. The van der Waals surface area contributed by atoms with E-state index in [0.29, 0.717) is 10.8 Å². The third-order valence-corrected chi connectivity index (χ3v) is 1.93. The van der Waals surface area contributed by atoms with Crippen LogP contribution in [-0.4, -0.2) is 13.0 Å². The van der Waals surface area contributed by atoms with E-state index in [1.54, 1.807) is 24.3 Å². The number of primary amides is 1. The van der Waals surface area contributed by atoms with Crippen molar-refractivity contribution in [2.75, 3.05) is 7.11 Å². The lowest BCUT2D eigenvalue weighted by Crippen LogP contribution is -2.05. The summed E-state index contributed by atoms with van der Waals surface area (Å²) in [6.45, 7) is 0. The fourth-order valence-corrected chi connectivity index (χ4v) is 1.15. The van der Waals surface area contributed by atoms with Crippen molar-refractivity contribution >= 4 is 23.6 Å². The minimum Gasteiger partial charge on any atom is -0.495 e. The Morgan fingerprint density at radius 1 is 1.57 bits per heavy atom. The molecule has 0 unspecified atom stereocenters. The standard InChI is InChI=1S/C10H10ClNO2/c1-14-9-6-7(2-4-8(9)11)3-5-10(12)13/h2-6H,1H3,(H2,12,13). The second-order valence-corrected chi connectivity index (χ2v) is 3.04. The highest BCUT2D eigenvalue weighted by molar-refractivity contribution is 6.32. The number of amides is 1. The molecule has 3 nitrogen and oxygen atoms in total. The highest BCUT2D eigenvalue weighted by Crippen LogP contribution is 2.25. The zero-order chi connectivity index (χ0) is 10.6. The Bertz CT molecular complexity index is 374. The molecule has 1 amide bonds. The molecule has 0 bridgehead atoms. The van der Waals surface area contributed by atoms with E-state index in [-0.39, 0.29) is 0 Å². The number of methoxy groups -OCH3 is 1. The van der Waals surface area contributed by atoms with E-state index in [1.165, 1.54) is 13.2 Å². The first-order valence-electron chi connectivity index (χ1n) is 3.94. The topological polar surface area (TPSA) is 52.3 Å². The first-order chi connectivity index (χ1) is 6.63. The molecule has 0 atom stereocenters. The van der Waals surface area contributed by atoms with E-state index in [1.807, 2.05) is 0 Å². The van der Waals surface area contributed by atoms with Crippen molar-refractivity contribution in [3.63, 3.8) is 0 Å². The summed E-state index contributed by atoms with van der Waals surface area (Å²) >= 11 is 5.82. The van der Waals surface area contributed by atoms with Crippen molar-refractivity contribution in [2.24, 2.45) is 5.73 Å². The molecule has 0 aliphatic heterocycles. The molecule has 1 aromatic carbocycles. The molecule has 2 N–H and O–H groups in total. The van der Waals surface area contributed by atoms with E-state index in [2.05, 4.69) is 0 Å². The Morgan fingerprint density at radius 3 is 2.86 bits per heavy atom. The maximum atomic E-state index is 10.5. The molecule has 4 heteroatoms. The lowest BCUT2D eigenvalue weighted by Gasteiger charge is -2.02. The number of hydrogen-bond donors (Lipinski definition) is 1. The van der Waals surface area contributed by atoms with E-state index in [4.69, 9.17) is 22.1 Å². The van der Waals surface area contributed by atoms with E-state index in [9.17, 15) is 4.79 Å². The maximum Gasteiger partial charge on any atom is 0.241 e. The Kier molecular flexibility index (Phi) is 3.54. The van der Waals surface area contributed by atoms with Crippen LogP contribution in [0.4, 0.5) is 0 Å². The molecule has 0 fully saturated rings. The number of nitrogens with two attached hydrogens (primary N) is 1. The first kappa shape index (κ1) is 10.6. The van der Waals surface area contributed by atoms with Crippen LogP contribution < -0.4 is 10.5 Å². The van der Waals surface area contributed by atoms with Crippen LogP contribution in [0.1, 0.15) is 5.56 Å². The smallest absolute Gasteiger partial charge is 0.241 e. The highest BCUT2D eigenvalue weighted by Gasteiger charge is 1.99. The molecule has 0 radical (unpaired) electrons. The molecule has 0 heterocycles. The summed E-state index contributed by atoms with van der Waals surface area (Å²) in [5.41, 5.74) is 5.77. The van der Waals surface area contributed by atoms with Crippen LogP contribution in [0.2, 0.25) is 5.02 Å². The molecule has 0 aliphatic carbocycles. The van der Waals surface area contributed by atoms with Crippen molar-refractivity contribution in [3.05, 3.63) is 34.9 Å². The van der Waals surface area contributed by atoms with Gasteiger partial charge in [0.2, 0.25) is 5.91 Å². The average Bonchev–Trinajstić information content (AvgIpc) is 2.16. The minimum atomic E-state index is -0.487. The molecule has 0 saturated heterocycles. The highest BCUT2D eigenvalue weighted by atomic mass is 35.5. The van der Waals surface area contributed by atoms with Crippen molar-refractivity contribution in [1.82, 2.24) is 0 Å². The third kappa shape index (κ3) is 2.78. The molecule has 0 saturated carbocycles. The second kappa shape index (κ2) is 4.67. The fraction of sp³-hybridized carbons (Fsp3) is 0.100. The summed E-state index contributed by atoms with van der Waals surface area (Å²) < 4.78 is 5.01. The van der Waals surface area contributed by atoms with Gasteiger partial charge in [-0.3, -0.25) is 4.79 Å². The number of rotatable bonds is 3. The SMILES string of the molecule is COc1cc(C=CC(N)=O)ccc1Cl. The molecule has 0 spiro atoms. The zero-order valence-corrected chi connectivity index (χ0v) is 8.41. The van der Waals surface area contributed by atoms with Gasteiger partial charge in [0.1, 0.15) is 5.75 Å². The van der Waals surface area contributed by atoms with Gasteiger partial charge in [-0.1, -0.05) is 17.7 Å². The fourth-order valence-electron chi connectivity index (χ4n) is 0.958. The monoisotopic (exact) mass is 211 g/mol. The molecular weight excluding hydrogens is 202 g/mol. The maximum absolute atomic E-state index is 10.5. The molecule has 1 aromatic rings. The molecular formula is C10H10ClNO2. The van der Waals surface area contributed by atoms with Crippen molar-refractivity contribution in [1.29, 1.82) is 0 Å². The number of hydrogen-bond acceptors (Lipinski definition) is 2. The summed E-state index contributed by atoms with van der Waals surface area (Å²) in [6.07, 6.45) is 2.88. The van der Waals surface area contributed by atoms with Gasteiger partial charge < -0.3 is 10.5 Å². The summed E-state index contributed by atoms with van der Waals surface area (Å²) in [7, 11) is 1.53. The second-order valence-electron chi connectivity index (χ2n) is 2.63. The minimum absolute atomic E-state index is 0.487. The van der Waals surface area contributed by atoms with E-state index in [0.717, 1.165) is 5.56 Å². The van der Waals surface area contributed by atoms with Gasteiger partial charge in [0.25, 0.3) is 0 Å². The van der Waals surface area contributed by atoms with Crippen molar-refractivity contribution in [2.45, 2.75) is 0 Å². The number of carbonyl (C=O) groups excluding carboxylic acids is 1. The largest absolute Gasteiger partial charge is 0.495 e. The Balaban J connectivity index is 2.95. The van der Waals surface area contributed by atoms with Crippen LogP contribution in [0, 0.1) is 0 Å². The summed E-state index contributed by atoms with van der Waals surface area (Å²) in [4.78, 5) is 10.5. The van der Waals surface area contributed by atoms with Crippen LogP contribution in [-0.2, 0) is 4.79 Å². The molecule has 14 heavy (non-hydrogen) atoms. The van der Waals surface area contributed by atoms with E-state index >= 15 is 0 Å². The Hall–Kier alpha value is -1.48. The van der Waals surface area contributed by atoms with Crippen molar-refractivity contribution in [3.8, 4) is 5.75 Å². The lowest BCUT2D eigenvalue weighted by molar-refractivity contribution is -0.113. The van der Waals surface area contributed by atoms with Gasteiger partial charge in [-0.25, -0.2) is 0 Å². The van der Waals surface area contributed by atoms with Crippen LogP contribution in [0.25, 0.3) is 6.08 Å².